The first-order chi connectivity index (χ1) is 20.0. The maximum atomic E-state index is 15.0. The summed E-state index contributed by atoms with van der Waals surface area (Å²) < 4.78 is 155. The Balaban J connectivity index is 3.43. The number of hydrogen-bond donors (Lipinski definition) is 0. The zero-order chi connectivity index (χ0) is 34.3. The zero-order valence-corrected chi connectivity index (χ0v) is 28.5. The van der Waals surface area contributed by atoms with E-state index in [9.17, 15) is 43.5 Å². The van der Waals surface area contributed by atoms with E-state index in [1.807, 2.05) is 0 Å². The van der Waals surface area contributed by atoms with Crippen molar-refractivity contribution >= 4 is 34.9 Å². The lowest BCUT2D eigenvalue weighted by Crippen LogP contribution is -2.22. The van der Waals surface area contributed by atoms with Crippen molar-refractivity contribution in [2.75, 3.05) is 23.8 Å². The van der Waals surface area contributed by atoms with Crippen LogP contribution in [-0.2, 0) is 67.1 Å². The van der Waals surface area contributed by atoms with Gasteiger partial charge >= 0.3 is 15.2 Å². The van der Waals surface area contributed by atoms with E-state index < -0.39 is 116 Å². The molecule has 0 heterocycles. The van der Waals surface area contributed by atoms with E-state index in [1.165, 1.54) is 55.4 Å². The highest BCUT2D eigenvalue weighted by atomic mass is 32.2. The second-order valence-electron chi connectivity index (χ2n) is 10.1. The molecule has 0 saturated heterocycles. The standard InChI is InChI=1S/C22H36F4O14P2S2/c1-13(2)33-37-41(27,38-34-14(3)4)9-11-43(29,30)21-17(23)19(25)22(20(26)18(21)24)44(31,32)12-10-42(28,39-35-15(5)6)40-36-16(7)8/h13-16H,9-12H2,1-8H3. The number of rotatable bonds is 20. The van der Waals surface area contributed by atoms with E-state index in [1.54, 1.807) is 0 Å². The SMILES string of the molecule is CC(C)OOP(=O)(CCS(=O)(=O)c1c(F)c(F)c(S(=O)(=O)CCP(=O)(OOC(C)C)OOC(C)C)c(F)c1F)OOC(C)C. The molecule has 1 aromatic rings. The summed E-state index contributed by atoms with van der Waals surface area (Å²) in [7, 11) is -20.0. The lowest BCUT2D eigenvalue weighted by molar-refractivity contribution is -0.291. The lowest BCUT2D eigenvalue weighted by atomic mass is 10.3. The summed E-state index contributed by atoms with van der Waals surface area (Å²) in [6.45, 7) is 11.5. The third kappa shape index (κ3) is 12.3. The van der Waals surface area contributed by atoms with Gasteiger partial charge in [-0.2, -0.15) is 0 Å². The van der Waals surface area contributed by atoms with Gasteiger partial charge in [-0.25, -0.2) is 53.9 Å². The highest BCUT2D eigenvalue weighted by Gasteiger charge is 2.41. The fourth-order valence-corrected chi connectivity index (χ4v) is 9.72. The third-order valence-electron chi connectivity index (χ3n) is 4.47. The Hall–Kier alpha value is -1.02. The minimum atomic E-state index is -5.39. The van der Waals surface area contributed by atoms with Crippen LogP contribution in [0.3, 0.4) is 0 Å². The molecule has 0 aliphatic carbocycles. The largest absolute Gasteiger partial charge is 0.385 e. The van der Waals surface area contributed by atoms with Crippen LogP contribution in [0.4, 0.5) is 17.6 Å². The molecule has 0 saturated carbocycles. The minimum absolute atomic E-state index is 0.715. The molecule has 1 rings (SSSR count). The molecular weight excluding hydrogens is 690 g/mol. The van der Waals surface area contributed by atoms with Crippen molar-refractivity contribution in [1.82, 2.24) is 0 Å². The highest BCUT2D eigenvalue weighted by molar-refractivity contribution is 7.92. The van der Waals surface area contributed by atoms with Gasteiger partial charge in [0.05, 0.1) is 48.2 Å². The normalized spacial score (nSPS) is 13.6. The predicted molar refractivity (Wildman–Crippen MR) is 145 cm³/mol. The molecule has 258 valence electrons. The summed E-state index contributed by atoms with van der Waals surface area (Å²) in [4.78, 5) is 14.4. The van der Waals surface area contributed by atoms with Gasteiger partial charge in [-0.3, -0.25) is 9.13 Å². The van der Waals surface area contributed by atoms with Crippen molar-refractivity contribution < 1.29 is 81.8 Å². The molecule has 0 bridgehead atoms. The Morgan fingerprint density at radius 3 is 0.886 bits per heavy atom. The van der Waals surface area contributed by atoms with E-state index in [4.69, 9.17) is 19.6 Å². The van der Waals surface area contributed by atoms with Crippen LogP contribution in [0.25, 0.3) is 0 Å². The van der Waals surface area contributed by atoms with Gasteiger partial charge in [0.25, 0.3) is 0 Å². The molecule has 0 radical (unpaired) electrons. The second kappa shape index (κ2) is 16.7. The van der Waals surface area contributed by atoms with Gasteiger partial charge in [0.15, 0.2) is 42.9 Å². The lowest BCUT2D eigenvalue weighted by Gasteiger charge is -2.19. The molecule has 0 aromatic heterocycles. The van der Waals surface area contributed by atoms with Crippen molar-refractivity contribution in [2.24, 2.45) is 0 Å². The maximum Gasteiger partial charge on any atom is 0.385 e. The Bertz CT molecular complexity index is 1270. The summed E-state index contributed by atoms with van der Waals surface area (Å²) in [5, 5.41) is 0. The molecular formula is C22H36F4O14P2S2. The second-order valence-corrected chi connectivity index (χ2v) is 18.1. The van der Waals surface area contributed by atoms with Gasteiger partial charge in [0, 0.05) is 0 Å². The van der Waals surface area contributed by atoms with Crippen molar-refractivity contribution in [2.45, 2.75) is 89.6 Å². The summed E-state index contributed by atoms with van der Waals surface area (Å²) in [5.41, 5.74) is 0. The van der Waals surface area contributed by atoms with Crippen LogP contribution in [-0.4, -0.2) is 65.1 Å². The van der Waals surface area contributed by atoms with Gasteiger partial charge in [-0.15, -0.1) is 18.7 Å². The average molecular weight is 727 g/mol. The van der Waals surface area contributed by atoms with Gasteiger partial charge in [-0.05, 0) is 55.4 Å². The smallest absolute Gasteiger partial charge is 0.255 e. The molecule has 0 fully saturated rings. The van der Waals surface area contributed by atoms with Crippen LogP contribution in [0.15, 0.2) is 9.79 Å². The average Bonchev–Trinajstić information content (AvgIpc) is 2.90. The summed E-state index contributed by atoms with van der Waals surface area (Å²) in [6, 6.07) is 0. The van der Waals surface area contributed by atoms with Crippen molar-refractivity contribution in [3.8, 4) is 0 Å². The van der Waals surface area contributed by atoms with Crippen LogP contribution in [0.1, 0.15) is 55.4 Å². The predicted octanol–water partition coefficient (Wildman–Crippen LogP) is 5.60. The molecule has 0 unspecified atom stereocenters. The maximum absolute atomic E-state index is 15.0. The van der Waals surface area contributed by atoms with Gasteiger partial charge in [0.2, 0.25) is 0 Å². The molecule has 0 aliphatic heterocycles. The first kappa shape index (κ1) is 41.0. The van der Waals surface area contributed by atoms with E-state index in [-0.39, 0.29) is 0 Å². The molecule has 0 N–H and O–H groups in total. The van der Waals surface area contributed by atoms with Crippen molar-refractivity contribution in [3.05, 3.63) is 23.3 Å². The highest BCUT2D eigenvalue weighted by Crippen LogP contribution is 2.51. The topological polar surface area (TPSA) is 176 Å². The molecule has 44 heavy (non-hydrogen) atoms. The first-order valence-electron chi connectivity index (χ1n) is 12.9. The molecule has 0 amide bonds. The van der Waals surface area contributed by atoms with E-state index >= 15 is 0 Å². The monoisotopic (exact) mass is 726 g/mol. The van der Waals surface area contributed by atoms with Gasteiger partial charge < -0.3 is 0 Å². The quantitative estimate of drug-likeness (QED) is 0.0533. The van der Waals surface area contributed by atoms with Crippen LogP contribution < -0.4 is 0 Å². The summed E-state index contributed by atoms with van der Waals surface area (Å²) in [6.07, 6.45) is -5.22. The van der Waals surface area contributed by atoms with Gasteiger partial charge in [-0.1, -0.05) is 0 Å². The fourth-order valence-electron chi connectivity index (χ4n) is 2.59. The number of sulfone groups is 2. The Morgan fingerprint density at radius 1 is 0.500 bits per heavy atom. The molecule has 0 aliphatic rings. The Morgan fingerprint density at radius 2 is 0.705 bits per heavy atom. The minimum Gasteiger partial charge on any atom is -0.255 e. The fraction of sp³-hybridized carbons (Fsp3) is 0.727. The van der Waals surface area contributed by atoms with Gasteiger partial charge in [0.1, 0.15) is 9.79 Å². The van der Waals surface area contributed by atoms with Crippen LogP contribution in [0.2, 0.25) is 0 Å². The Labute approximate surface area is 253 Å². The molecule has 0 atom stereocenters. The van der Waals surface area contributed by atoms with E-state index in [0.29, 0.717) is 0 Å². The van der Waals surface area contributed by atoms with E-state index in [2.05, 4.69) is 18.7 Å². The molecule has 14 nitrogen and oxygen atoms in total. The zero-order valence-electron chi connectivity index (χ0n) is 25.1. The number of halogens is 4. The number of hydrogen-bond acceptors (Lipinski definition) is 14. The third-order valence-corrected chi connectivity index (χ3v) is 11.3. The molecule has 22 heteroatoms. The van der Waals surface area contributed by atoms with Crippen molar-refractivity contribution in [3.63, 3.8) is 0 Å². The summed E-state index contributed by atoms with van der Waals surface area (Å²) in [5.74, 6) is -13.4. The molecule has 1 aromatic carbocycles. The van der Waals surface area contributed by atoms with E-state index in [0.717, 1.165) is 0 Å². The molecule has 0 spiro atoms. The first-order valence-corrected chi connectivity index (χ1v) is 19.6. The van der Waals surface area contributed by atoms with Crippen LogP contribution >= 0.6 is 15.2 Å². The van der Waals surface area contributed by atoms with Crippen molar-refractivity contribution in [1.29, 1.82) is 0 Å². The van der Waals surface area contributed by atoms with Crippen LogP contribution in [0.5, 0.6) is 0 Å². The summed E-state index contributed by atoms with van der Waals surface area (Å²) >= 11 is 0. The Kier molecular flexibility index (Phi) is 15.6. The number of benzene rings is 1. The van der Waals surface area contributed by atoms with Crippen LogP contribution in [0, 0.1) is 23.3 Å².